The van der Waals surface area contributed by atoms with Gasteiger partial charge in [-0.05, 0) is 17.4 Å². The Kier molecular flexibility index (Phi) is 6.43. The Labute approximate surface area is 91.9 Å². The van der Waals surface area contributed by atoms with Crippen LogP contribution in [0.2, 0.25) is 0 Å². The van der Waals surface area contributed by atoms with Crippen LogP contribution in [0.3, 0.4) is 0 Å². The molecule has 0 fully saturated rings. The third-order valence-electron chi connectivity index (χ3n) is 2.33. The zero-order chi connectivity index (χ0) is 11.8. The molecule has 1 aromatic carbocycles. The van der Waals surface area contributed by atoms with E-state index in [0.29, 0.717) is 5.92 Å². The molecule has 0 saturated carbocycles. The van der Waals surface area contributed by atoms with Crippen molar-refractivity contribution < 1.29 is 9.90 Å². The van der Waals surface area contributed by atoms with Gasteiger partial charge in [0.1, 0.15) is 0 Å². The van der Waals surface area contributed by atoms with Crippen molar-refractivity contribution in [1.29, 1.82) is 0 Å². The first-order chi connectivity index (χ1) is 6.95. The van der Waals surface area contributed by atoms with Crippen molar-refractivity contribution in [2.24, 2.45) is 5.92 Å². The zero-order valence-electron chi connectivity index (χ0n) is 9.90. The van der Waals surface area contributed by atoms with Crippen molar-refractivity contribution in [2.75, 3.05) is 0 Å². The van der Waals surface area contributed by atoms with Gasteiger partial charge in [0, 0.05) is 6.92 Å². The van der Waals surface area contributed by atoms with Crippen LogP contribution in [0.25, 0.3) is 0 Å². The van der Waals surface area contributed by atoms with E-state index in [1.807, 2.05) is 0 Å². The van der Waals surface area contributed by atoms with Crippen molar-refractivity contribution in [3.63, 3.8) is 0 Å². The van der Waals surface area contributed by atoms with Crippen molar-refractivity contribution in [3.05, 3.63) is 35.9 Å². The van der Waals surface area contributed by atoms with Gasteiger partial charge in [-0.3, -0.25) is 4.79 Å². The number of hydrogen-bond acceptors (Lipinski definition) is 1. The van der Waals surface area contributed by atoms with E-state index in [-0.39, 0.29) is 0 Å². The van der Waals surface area contributed by atoms with E-state index in [0.717, 1.165) is 12.8 Å². The highest BCUT2D eigenvalue weighted by molar-refractivity contribution is 5.62. The molecule has 1 atom stereocenters. The molecule has 1 N–H and O–H groups in total. The Hall–Kier alpha value is -1.31. The molecule has 1 unspecified atom stereocenters. The number of rotatable bonds is 2. The molecule has 84 valence electrons. The Morgan fingerprint density at radius 1 is 1.13 bits per heavy atom. The van der Waals surface area contributed by atoms with E-state index in [1.165, 1.54) is 5.56 Å². The van der Waals surface area contributed by atoms with Crippen LogP contribution in [0, 0.1) is 5.92 Å². The molecule has 0 aliphatic heterocycles. The van der Waals surface area contributed by atoms with Crippen LogP contribution < -0.4 is 0 Å². The fraction of sp³-hybridized carbons (Fsp3) is 0.462. The van der Waals surface area contributed by atoms with Crippen LogP contribution in [-0.4, -0.2) is 11.1 Å². The van der Waals surface area contributed by atoms with Gasteiger partial charge in [0.15, 0.2) is 0 Å². The van der Waals surface area contributed by atoms with Crippen molar-refractivity contribution in [1.82, 2.24) is 0 Å². The van der Waals surface area contributed by atoms with Gasteiger partial charge in [0.2, 0.25) is 0 Å². The Morgan fingerprint density at radius 3 is 1.87 bits per heavy atom. The van der Waals surface area contributed by atoms with Gasteiger partial charge in [-0.2, -0.15) is 0 Å². The summed E-state index contributed by atoms with van der Waals surface area (Å²) in [5.74, 6) is 0.577. The fourth-order valence-electron chi connectivity index (χ4n) is 1.14. The predicted molar refractivity (Wildman–Crippen MR) is 63.0 cm³/mol. The molecule has 0 spiro atoms. The molecule has 15 heavy (non-hydrogen) atoms. The summed E-state index contributed by atoms with van der Waals surface area (Å²) in [6.45, 7) is 7.88. The van der Waals surface area contributed by atoms with E-state index in [9.17, 15) is 0 Å². The SMILES string of the molecule is CC(=O)O.CC(C)C(C)c1ccccc1. The number of carboxylic acid groups (broad SMARTS) is 1. The van der Waals surface area contributed by atoms with Crippen molar-refractivity contribution in [3.8, 4) is 0 Å². The minimum Gasteiger partial charge on any atom is -0.481 e. The van der Waals surface area contributed by atoms with Crippen LogP contribution in [0.1, 0.15) is 39.2 Å². The maximum Gasteiger partial charge on any atom is 0.300 e. The van der Waals surface area contributed by atoms with Gasteiger partial charge in [-0.1, -0.05) is 51.1 Å². The lowest BCUT2D eigenvalue weighted by Gasteiger charge is -2.15. The molecular formula is C13H20O2. The van der Waals surface area contributed by atoms with E-state index in [2.05, 4.69) is 51.1 Å². The fourth-order valence-corrected chi connectivity index (χ4v) is 1.14. The number of carboxylic acids is 1. The number of aliphatic carboxylic acids is 1. The molecule has 0 heterocycles. The smallest absolute Gasteiger partial charge is 0.300 e. The van der Waals surface area contributed by atoms with Crippen LogP contribution in [0.15, 0.2) is 30.3 Å². The van der Waals surface area contributed by atoms with Crippen molar-refractivity contribution in [2.45, 2.75) is 33.6 Å². The Bertz CT molecular complexity index is 274. The molecule has 0 saturated heterocycles. The van der Waals surface area contributed by atoms with Crippen LogP contribution >= 0.6 is 0 Å². The molecule has 0 bridgehead atoms. The van der Waals surface area contributed by atoms with Gasteiger partial charge in [-0.25, -0.2) is 0 Å². The Balaban J connectivity index is 0.000000423. The first-order valence-corrected chi connectivity index (χ1v) is 5.19. The first kappa shape index (κ1) is 13.7. The topological polar surface area (TPSA) is 37.3 Å². The quantitative estimate of drug-likeness (QED) is 0.807. The first-order valence-electron chi connectivity index (χ1n) is 5.19. The minimum atomic E-state index is -0.833. The third-order valence-corrected chi connectivity index (χ3v) is 2.33. The highest BCUT2D eigenvalue weighted by Crippen LogP contribution is 2.22. The second-order valence-electron chi connectivity index (χ2n) is 3.96. The molecular weight excluding hydrogens is 188 g/mol. The van der Waals surface area contributed by atoms with Crippen LogP contribution in [-0.2, 0) is 4.79 Å². The summed E-state index contributed by atoms with van der Waals surface area (Å²) in [6, 6.07) is 10.7. The largest absolute Gasteiger partial charge is 0.481 e. The van der Waals surface area contributed by atoms with Crippen LogP contribution in [0.4, 0.5) is 0 Å². The molecule has 0 amide bonds. The zero-order valence-corrected chi connectivity index (χ0v) is 9.90. The molecule has 2 nitrogen and oxygen atoms in total. The molecule has 0 aromatic heterocycles. The minimum absolute atomic E-state index is 0.677. The molecule has 1 rings (SSSR count). The van der Waals surface area contributed by atoms with Crippen molar-refractivity contribution >= 4 is 5.97 Å². The number of hydrogen-bond donors (Lipinski definition) is 1. The highest BCUT2D eigenvalue weighted by Gasteiger charge is 2.07. The molecule has 1 aromatic rings. The average molecular weight is 208 g/mol. The standard InChI is InChI=1S/C11H16.C2H4O2/c1-9(2)10(3)11-7-5-4-6-8-11;1-2(3)4/h4-10H,1-3H3;1H3,(H,3,4). The van der Waals surface area contributed by atoms with Gasteiger partial charge in [-0.15, -0.1) is 0 Å². The summed E-state index contributed by atoms with van der Waals surface area (Å²) in [4.78, 5) is 9.00. The lowest BCUT2D eigenvalue weighted by Crippen LogP contribution is -2.00. The number of carbonyl (C=O) groups is 1. The van der Waals surface area contributed by atoms with E-state index < -0.39 is 5.97 Å². The second-order valence-corrected chi connectivity index (χ2v) is 3.96. The second kappa shape index (κ2) is 7.04. The highest BCUT2D eigenvalue weighted by atomic mass is 16.4. The molecule has 0 aliphatic carbocycles. The average Bonchev–Trinajstić information content (AvgIpc) is 2.17. The molecule has 2 heteroatoms. The van der Waals surface area contributed by atoms with Gasteiger partial charge in [0.25, 0.3) is 5.97 Å². The lowest BCUT2D eigenvalue weighted by molar-refractivity contribution is -0.134. The number of benzene rings is 1. The summed E-state index contributed by atoms with van der Waals surface area (Å²) in [5.41, 5.74) is 1.45. The van der Waals surface area contributed by atoms with E-state index in [1.54, 1.807) is 0 Å². The van der Waals surface area contributed by atoms with E-state index >= 15 is 0 Å². The molecule has 0 aliphatic rings. The maximum atomic E-state index is 9.00. The van der Waals surface area contributed by atoms with Gasteiger partial charge in [0.05, 0.1) is 0 Å². The molecule has 0 radical (unpaired) electrons. The predicted octanol–water partition coefficient (Wildman–Crippen LogP) is 3.54. The third kappa shape index (κ3) is 6.72. The lowest BCUT2D eigenvalue weighted by atomic mass is 9.91. The summed E-state index contributed by atoms with van der Waals surface area (Å²) in [5, 5.41) is 7.42. The monoisotopic (exact) mass is 208 g/mol. The van der Waals surface area contributed by atoms with Crippen LogP contribution in [0.5, 0.6) is 0 Å². The normalized spacial score (nSPS) is 11.5. The van der Waals surface area contributed by atoms with Gasteiger partial charge < -0.3 is 5.11 Å². The summed E-state index contributed by atoms with van der Waals surface area (Å²) < 4.78 is 0. The Morgan fingerprint density at radius 2 is 1.53 bits per heavy atom. The summed E-state index contributed by atoms with van der Waals surface area (Å²) in [7, 11) is 0. The summed E-state index contributed by atoms with van der Waals surface area (Å²) >= 11 is 0. The van der Waals surface area contributed by atoms with E-state index in [4.69, 9.17) is 9.90 Å². The van der Waals surface area contributed by atoms with Gasteiger partial charge >= 0.3 is 0 Å². The summed E-state index contributed by atoms with van der Waals surface area (Å²) in [6.07, 6.45) is 0. The maximum absolute atomic E-state index is 9.00.